The highest BCUT2D eigenvalue weighted by Crippen LogP contribution is 2.39. The van der Waals surface area contributed by atoms with Crippen molar-refractivity contribution in [2.24, 2.45) is 0 Å². The number of nitrogens with zero attached hydrogens (tertiary/aromatic N) is 2. The van der Waals surface area contributed by atoms with Crippen LogP contribution in [0.4, 0.5) is 0 Å². The molecule has 1 aromatic carbocycles. The Kier molecular flexibility index (Phi) is 4.07. The second-order valence-electron chi connectivity index (χ2n) is 5.91. The van der Waals surface area contributed by atoms with Gasteiger partial charge < -0.3 is 9.42 Å². The van der Waals surface area contributed by atoms with Crippen LogP contribution in [0, 0.1) is 0 Å². The third-order valence-electron chi connectivity index (χ3n) is 4.46. The van der Waals surface area contributed by atoms with Crippen molar-refractivity contribution in [3.8, 4) is 0 Å². The van der Waals surface area contributed by atoms with Crippen LogP contribution in [-0.4, -0.2) is 28.3 Å². The highest BCUT2D eigenvalue weighted by Gasteiger charge is 2.35. The summed E-state index contributed by atoms with van der Waals surface area (Å²) < 4.78 is 5.40. The van der Waals surface area contributed by atoms with E-state index in [1.54, 1.807) is 11.8 Å². The first-order valence-corrected chi connectivity index (χ1v) is 9.32. The van der Waals surface area contributed by atoms with E-state index in [9.17, 15) is 4.79 Å². The lowest BCUT2D eigenvalue weighted by molar-refractivity contribution is 0.0749. The molecule has 120 valence electrons. The Morgan fingerprint density at radius 2 is 2.04 bits per heavy atom. The molecule has 2 aromatic rings. The highest BCUT2D eigenvalue weighted by atomic mass is 35.5. The van der Waals surface area contributed by atoms with Gasteiger partial charge in [-0.2, -0.15) is 0 Å². The first-order chi connectivity index (χ1) is 11.2. The Morgan fingerprint density at radius 1 is 1.26 bits per heavy atom. The molecule has 2 heterocycles. The summed E-state index contributed by atoms with van der Waals surface area (Å²) in [5.74, 6) is 1.82. The third kappa shape index (κ3) is 2.76. The Bertz CT molecular complexity index is 729. The number of amides is 1. The summed E-state index contributed by atoms with van der Waals surface area (Å²) in [5.41, 5.74) is 2.64. The molecule has 0 saturated carbocycles. The molecule has 1 atom stereocenters. The van der Waals surface area contributed by atoms with Gasteiger partial charge in [0, 0.05) is 29.3 Å². The second kappa shape index (κ2) is 6.21. The summed E-state index contributed by atoms with van der Waals surface area (Å²) in [6, 6.07) is 7.72. The Hall–Kier alpha value is -1.46. The maximum Gasteiger partial charge on any atom is 0.277 e. The number of fused-ring (bicyclic) bond motifs is 1. The minimum Gasteiger partial charge on any atom is -0.360 e. The minimum absolute atomic E-state index is 0.0122. The van der Waals surface area contributed by atoms with Crippen molar-refractivity contribution < 1.29 is 9.32 Å². The second-order valence-corrected chi connectivity index (χ2v) is 7.54. The molecule has 23 heavy (non-hydrogen) atoms. The highest BCUT2D eigenvalue weighted by molar-refractivity contribution is 7.99. The van der Waals surface area contributed by atoms with Crippen LogP contribution in [0.1, 0.15) is 45.6 Å². The van der Waals surface area contributed by atoms with Crippen molar-refractivity contribution in [1.82, 2.24) is 10.1 Å². The van der Waals surface area contributed by atoms with Crippen molar-refractivity contribution in [2.45, 2.75) is 31.1 Å². The van der Waals surface area contributed by atoms with Crippen molar-refractivity contribution in [1.29, 1.82) is 0 Å². The quantitative estimate of drug-likeness (QED) is 0.819. The standard InChI is InChI=1S/C17H17ClN2O2S/c18-12-7-5-11(6-8-12)17-20(9-10-23-17)16(21)15-13-3-1-2-4-14(13)22-19-15/h5-8,17H,1-4,9-10H2. The van der Waals surface area contributed by atoms with E-state index in [-0.39, 0.29) is 11.3 Å². The monoisotopic (exact) mass is 348 g/mol. The van der Waals surface area contributed by atoms with E-state index < -0.39 is 0 Å². The number of aromatic nitrogens is 1. The van der Waals surface area contributed by atoms with Crippen LogP contribution >= 0.6 is 23.4 Å². The molecule has 2 aliphatic rings. The molecule has 1 aromatic heterocycles. The van der Waals surface area contributed by atoms with Crippen molar-refractivity contribution in [3.05, 3.63) is 51.9 Å². The Morgan fingerprint density at radius 3 is 2.87 bits per heavy atom. The number of carbonyl (C=O) groups is 1. The van der Waals surface area contributed by atoms with Gasteiger partial charge in [-0.1, -0.05) is 28.9 Å². The van der Waals surface area contributed by atoms with Gasteiger partial charge in [-0.25, -0.2) is 0 Å². The van der Waals surface area contributed by atoms with E-state index >= 15 is 0 Å². The number of aryl methyl sites for hydroxylation is 1. The van der Waals surface area contributed by atoms with Crippen molar-refractivity contribution in [2.75, 3.05) is 12.3 Å². The molecule has 4 rings (SSSR count). The Balaban J connectivity index is 1.62. The molecule has 1 amide bonds. The predicted octanol–water partition coefficient (Wildman–Crippen LogP) is 4.09. The van der Waals surface area contributed by atoms with E-state index in [0.717, 1.165) is 54.9 Å². The minimum atomic E-state index is -0.0122. The predicted molar refractivity (Wildman–Crippen MR) is 90.8 cm³/mol. The van der Waals surface area contributed by atoms with Crippen LogP contribution in [0.2, 0.25) is 5.02 Å². The van der Waals surface area contributed by atoms with Gasteiger partial charge in [0.05, 0.1) is 0 Å². The summed E-state index contributed by atoms with van der Waals surface area (Å²) in [5, 5.41) is 4.82. The van der Waals surface area contributed by atoms with Crippen LogP contribution in [-0.2, 0) is 12.8 Å². The fourth-order valence-corrected chi connectivity index (χ4v) is 4.65. The van der Waals surface area contributed by atoms with E-state index in [1.807, 2.05) is 29.2 Å². The molecule has 0 spiro atoms. The van der Waals surface area contributed by atoms with Gasteiger partial charge in [-0.05, 0) is 37.0 Å². The largest absolute Gasteiger partial charge is 0.360 e. The molecule has 6 heteroatoms. The number of benzene rings is 1. The van der Waals surface area contributed by atoms with E-state index in [4.69, 9.17) is 16.1 Å². The van der Waals surface area contributed by atoms with Crippen molar-refractivity contribution in [3.63, 3.8) is 0 Å². The number of hydrogen-bond acceptors (Lipinski definition) is 4. The third-order valence-corrected chi connectivity index (χ3v) is 5.97. The van der Waals surface area contributed by atoms with Crippen LogP contribution in [0.15, 0.2) is 28.8 Å². The number of halogens is 1. The average molecular weight is 349 g/mol. The number of carbonyl (C=O) groups excluding carboxylic acids is 1. The van der Waals surface area contributed by atoms with Crippen molar-refractivity contribution >= 4 is 29.3 Å². The van der Waals surface area contributed by atoms with Crippen LogP contribution < -0.4 is 0 Å². The zero-order valence-corrected chi connectivity index (χ0v) is 14.2. The smallest absolute Gasteiger partial charge is 0.277 e. The fourth-order valence-electron chi connectivity index (χ4n) is 3.27. The van der Waals surface area contributed by atoms with Gasteiger partial charge in [0.1, 0.15) is 11.1 Å². The molecule has 0 radical (unpaired) electrons. The normalized spacial score (nSPS) is 20.6. The summed E-state index contributed by atoms with van der Waals surface area (Å²) in [6.07, 6.45) is 4.00. The zero-order valence-electron chi connectivity index (χ0n) is 12.6. The summed E-state index contributed by atoms with van der Waals surface area (Å²) >= 11 is 7.74. The maximum atomic E-state index is 13.0. The van der Waals surface area contributed by atoms with Crippen LogP contribution in [0.5, 0.6) is 0 Å². The lowest BCUT2D eigenvalue weighted by atomic mass is 9.96. The summed E-state index contributed by atoms with van der Waals surface area (Å²) in [4.78, 5) is 14.9. The van der Waals surface area contributed by atoms with E-state index in [2.05, 4.69) is 5.16 Å². The fraction of sp³-hybridized carbons (Fsp3) is 0.412. The van der Waals surface area contributed by atoms with Gasteiger partial charge >= 0.3 is 0 Å². The first-order valence-electron chi connectivity index (χ1n) is 7.89. The van der Waals surface area contributed by atoms with Crippen LogP contribution in [0.25, 0.3) is 0 Å². The molecular weight excluding hydrogens is 332 g/mol. The molecule has 1 saturated heterocycles. The molecule has 1 aliphatic carbocycles. The SMILES string of the molecule is O=C(c1noc2c1CCCC2)N1CCSC1c1ccc(Cl)cc1. The van der Waals surface area contributed by atoms with Gasteiger partial charge in [0.25, 0.3) is 5.91 Å². The topological polar surface area (TPSA) is 46.3 Å². The lowest BCUT2D eigenvalue weighted by Gasteiger charge is -2.24. The lowest BCUT2D eigenvalue weighted by Crippen LogP contribution is -2.31. The van der Waals surface area contributed by atoms with Gasteiger partial charge in [0.15, 0.2) is 5.69 Å². The number of rotatable bonds is 2. The van der Waals surface area contributed by atoms with E-state index in [0.29, 0.717) is 10.7 Å². The van der Waals surface area contributed by atoms with Crippen LogP contribution in [0.3, 0.4) is 0 Å². The first kappa shape index (κ1) is 15.1. The summed E-state index contributed by atoms with van der Waals surface area (Å²) in [6.45, 7) is 0.735. The maximum absolute atomic E-state index is 13.0. The molecular formula is C17H17ClN2O2S. The number of thioether (sulfide) groups is 1. The zero-order chi connectivity index (χ0) is 15.8. The molecule has 0 N–H and O–H groups in total. The molecule has 1 unspecified atom stereocenters. The molecule has 4 nitrogen and oxygen atoms in total. The summed E-state index contributed by atoms with van der Waals surface area (Å²) in [7, 11) is 0. The van der Waals surface area contributed by atoms with E-state index in [1.165, 1.54) is 0 Å². The Labute approximate surface area is 144 Å². The van der Waals surface area contributed by atoms with Gasteiger partial charge in [-0.3, -0.25) is 4.79 Å². The number of hydrogen-bond donors (Lipinski definition) is 0. The van der Waals surface area contributed by atoms with Gasteiger partial charge in [-0.15, -0.1) is 11.8 Å². The molecule has 0 bridgehead atoms. The average Bonchev–Trinajstić information content (AvgIpc) is 3.22. The van der Waals surface area contributed by atoms with Gasteiger partial charge in [0.2, 0.25) is 0 Å². The molecule has 1 aliphatic heterocycles. The molecule has 1 fully saturated rings.